The van der Waals surface area contributed by atoms with E-state index in [0.717, 1.165) is 0 Å². The van der Waals surface area contributed by atoms with Gasteiger partial charge in [-0.05, 0) is 12.8 Å². The zero-order valence-electron chi connectivity index (χ0n) is 7.45. The molecule has 0 aromatic rings. The maximum absolute atomic E-state index is 11.0. The summed E-state index contributed by atoms with van der Waals surface area (Å²) in [5.41, 5.74) is 0. The predicted octanol–water partition coefficient (Wildman–Crippen LogP) is -0.388. The second-order valence-corrected chi connectivity index (χ2v) is 3.10. The first-order valence-corrected chi connectivity index (χ1v) is 4.19. The van der Waals surface area contributed by atoms with Crippen molar-refractivity contribution >= 4 is 11.9 Å². The van der Waals surface area contributed by atoms with E-state index in [0.29, 0.717) is 19.4 Å². The average Bonchev–Trinajstić information content (AvgIpc) is 2.17. The molecule has 0 radical (unpaired) electrons. The van der Waals surface area contributed by atoms with Crippen molar-refractivity contribution in [2.24, 2.45) is 5.92 Å². The molecule has 2 N–H and O–H groups in total. The van der Waals surface area contributed by atoms with E-state index in [-0.39, 0.29) is 11.9 Å². The summed E-state index contributed by atoms with van der Waals surface area (Å²) in [4.78, 5) is 21.6. The van der Waals surface area contributed by atoms with Gasteiger partial charge in [0.2, 0.25) is 0 Å². The Morgan fingerprint density at radius 3 is 2.54 bits per heavy atom. The lowest BCUT2D eigenvalue weighted by molar-refractivity contribution is -0.148. The highest BCUT2D eigenvalue weighted by molar-refractivity contribution is 5.76. The molecule has 1 rings (SSSR count). The Kier molecular flexibility index (Phi) is 3.25. The summed E-state index contributed by atoms with van der Waals surface area (Å²) in [6.07, 6.45) is 1.06. The first kappa shape index (κ1) is 9.98. The van der Waals surface area contributed by atoms with Crippen LogP contribution < -0.4 is 5.32 Å². The SMILES string of the molecule is COC(=O)[C@@H]1CC[C@@H](C(=O)O)NC1. The molecule has 0 aromatic heterocycles. The fourth-order valence-corrected chi connectivity index (χ4v) is 1.44. The number of esters is 1. The highest BCUT2D eigenvalue weighted by atomic mass is 16.5. The van der Waals surface area contributed by atoms with Gasteiger partial charge < -0.3 is 15.2 Å². The molecule has 1 fully saturated rings. The Morgan fingerprint density at radius 2 is 2.15 bits per heavy atom. The van der Waals surface area contributed by atoms with Gasteiger partial charge in [-0.1, -0.05) is 0 Å². The van der Waals surface area contributed by atoms with Gasteiger partial charge in [0.1, 0.15) is 6.04 Å². The van der Waals surface area contributed by atoms with Crippen molar-refractivity contribution in [3.63, 3.8) is 0 Å². The maximum Gasteiger partial charge on any atom is 0.320 e. The number of hydrogen-bond donors (Lipinski definition) is 2. The molecule has 1 aliphatic rings. The van der Waals surface area contributed by atoms with Crippen LogP contribution in [0.25, 0.3) is 0 Å². The molecule has 5 heteroatoms. The summed E-state index contributed by atoms with van der Waals surface area (Å²) in [7, 11) is 1.34. The Hall–Kier alpha value is -1.10. The van der Waals surface area contributed by atoms with Gasteiger partial charge in [0, 0.05) is 6.54 Å². The van der Waals surface area contributed by atoms with Crippen molar-refractivity contribution < 1.29 is 19.4 Å². The van der Waals surface area contributed by atoms with Gasteiger partial charge >= 0.3 is 11.9 Å². The molecule has 0 saturated carbocycles. The minimum absolute atomic E-state index is 0.194. The van der Waals surface area contributed by atoms with Crippen LogP contribution in [0.5, 0.6) is 0 Å². The predicted molar refractivity (Wildman–Crippen MR) is 44.2 cm³/mol. The molecule has 0 unspecified atom stereocenters. The first-order chi connectivity index (χ1) is 6.15. The number of carboxylic acid groups (broad SMARTS) is 1. The summed E-state index contributed by atoms with van der Waals surface area (Å²) in [6.45, 7) is 0.393. The Balaban J connectivity index is 2.39. The van der Waals surface area contributed by atoms with Gasteiger partial charge in [-0.25, -0.2) is 0 Å². The fourth-order valence-electron chi connectivity index (χ4n) is 1.44. The van der Waals surface area contributed by atoms with Gasteiger partial charge in [-0.15, -0.1) is 0 Å². The van der Waals surface area contributed by atoms with E-state index in [1.54, 1.807) is 0 Å². The summed E-state index contributed by atoms with van der Waals surface area (Å²) in [5.74, 6) is -1.32. The molecular formula is C8H13NO4. The third kappa shape index (κ3) is 2.42. The minimum atomic E-state index is -0.858. The summed E-state index contributed by atoms with van der Waals surface area (Å²) in [6, 6.07) is -0.513. The quantitative estimate of drug-likeness (QED) is 0.576. The number of aliphatic carboxylic acids is 1. The monoisotopic (exact) mass is 187 g/mol. The number of carboxylic acids is 1. The van der Waals surface area contributed by atoms with Crippen molar-refractivity contribution in [2.75, 3.05) is 13.7 Å². The molecular weight excluding hydrogens is 174 g/mol. The number of nitrogens with one attached hydrogen (secondary N) is 1. The zero-order valence-corrected chi connectivity index (χ0v) is 7.45. The van der Waals surface area contributed by atoms with Crippen LogP contribution in [0, 0.1) is 5.92 Å². The maximum atomic E-state index is 11.0. The summed E-state index contributed by atoms with van der Waals surface area (Å²) in [5, 5.41) is 11.4. The van der Waals surface area contributed by atoms with Crippen molar-refractivity contribution in [1.29, 1.82) is 0 Å². The van der Waals surface area contributed by atoms with Gasteiger partial charge in [0.15, 0.2) is 0 Å². The highest BCUT2D eigenvalue weighted by Crippen LogP contribution is 2.15. The Morgan fingerprint density at radius 1 is 1.46 bits per heavy atom. The van der Waals surface area contributed by atoms with Crippen molar-refractivity contribution in [2.45, 2.75) is 18.9 Å². The smallest absolute Gasteiger partial charge is 0.320 e. The number of piperidine rings is 1. The Bertz CT molecular complexity index is 208. The van der Waals surface area contributed by atoms with Crippen LogP contribution in [0.15, 0.2) is 0 Å². The van der Waals surface area contributed by atoms with Crippen LogP contribution in [0.3, 0.4) is 0 Å². The lowest BCUT2D eigenvalue weighted by Gasteiger charge is -2.25. The summed E-state index contributed by atoms with van der Waals surface area (Å²) < 4.78 is 4.56. The third-order valence-corrected chi connectivity index (χ3v) is 2.25. The Labute approximate surface area is 76.1 Å². The normalized spacial score (nSPS) is 28.1. The minimum Gasteiger partial charge on any atom is -0.480 e. The molecule has 13 heavy (non-hydrogen) atoms. The first-order valence-electron chi connectivity index (χ1n) is 4.19. The molecule has 0 aliphatic carbocycles. The van der Waals surface area contributed by atoms with Crippen LogP contribution in [0.2, 0.25) is 0 Å². The van der Waals surface area contributed by atoms with E-state index in [1.807, 2.05) is 0 Å². The van der Waals surface area contributed by atoms with Crippen LogP contribution in [0.1, 0.15) is 12.8 Å². The van der Waals surface area contributed by atoms with Crippen molar-refractivity contribution in [1.82, 2.24) is 5.32 Å². The molecule has 5 nitrogen and oxygen atoms in total. The van der Waals surface area contributed by atoms with Crippen molar-refractivity contribution in [3.05, 3.63) is 0 Å². The molecule has 0 bridgehead atoms. The molecule has 0 amide bonds. The largest absolute Gasteiger partial charge is 0.480 e. The van der Waals surface area contributed by atoms with Gasteiger partial charge in [0.05, 0.1) is 13.0 Å². The summed E-state index contributed by atoms with van der Waals surface area (Å²) >= 11 is 0. The fraction of sp³-hybridized carbons (Fsp3) is 0.750. The van der Waals surface area contributed by atoms with E-state index in [9.17, 15) is 9.59 Å². The number of methoxy groups -OCH3 is 1. The lowest BCUT2D eigenvalue weighted by Crippen LogP contribution is -2.46. The number of carbonyl (C=O) groups excluding carboxylic acids is 1. The molecule has 2 atom stereocenters. The standard InChI is InChI=1S/C8H13NO4/c1-13-8(12)5-2-3-6(7(10)11)9-4-5/h5-6,9H,2-4H2,1H3,(H,10,11)/t5-,6+/m1/s1. The topological polar surface area (TPSA) is 75.6 Å². The number of ether oxygens (including phenoxy) is 1. The molecule has 1 saturated heterocycles. The molecule has 0 aromatic carbocycles. The van der Waals surface area contributed by atoms with Crippen LogP contribution >= 0.6 is 0 Å². The highest BCUT2D eigenvalue weighted by Gasteiger charge is 2.29. The molecule has 74 valence electrons. The molecule has 1 heterocycles. The average molecular weight is 187 g/mol. The van der Waals surface area contributed by atoms with Gasteiger partial charge in [-0.3, -0.25) is 9.59 Å². The van der Waals surface area contributed by atoms with E-state index < -0.39 is 12.0 Å². The molecule has 0 spiro atoms. The zero-order chi connectivity index (χ0) is 9.84. The van der Waals surface area contributed by atoms with Crippen LogP contribution in [-0.4, -0.2) is 36.7 Å². The number of carbonyl (C=O) groups is 2. The molecule has 1 aliphatic heterocycles. The van der Waals surface area contributed by atoms with Gasteiger partial charge in [0.25, 0.3) is 0 Å². The number of rotatable bonds is 2. The van der Waals surface area contributed by atoms with Gasteiger partial charge in [-0.2, -0.15) is 0 Å². The van der Waals surface area contributed by atoms with E-state index in [1.165, 1.54) is 7.11 Å². The van der Waals surface area contributed by atoms with E-state index >= 15 is 0 Å². The van der Waals surface area contributed by atoms with E-state index in [2.05, 4.69) is 10.1 Å². The van der Waals surface area contributed by atoms with Crippen LogP contribution in [0.4, 0.5) is 0 Å². The second-order valence-electron chi connectivity index (χ2n) is 3.10. The lowest BCUT2D eigenvalue weighted by atomic mass is 9.95. The van der Waals surface area contributed by atoms with Crippen LogP contribution in [-0.2, 0) is 14.3 Å². The number of hydrogen-bond acceptors (Lipinski definition) is 4. The van der Waals surface area contributed by atoms with Crippen molar-refractivity contribution in [3.8, 4) is 0 Å². The van der Waals surface area contributed by atoms with E-state index in [4.69, 9.17) is 5.11 Å². The third-order valence-electron chi connectivity index (χ3n) is 2.25. The second kappa shape index (κ2) is 4.23.